The lowest BCUT2D eigenvalue weighted by Gasteiger charge is -2.11. The molecule has 0 radical (unpaired) electrons. The van der Waals surface area contributed by atoms with Crippen LogP contribution in [-0.4, -0.2) is 19.6 Å². The van der Waals surface area contributed by atoms with Gasteiger partial charge in [0.2, 0.25) is 5.91 Å². The molecule has 0 atom stereocenters. The van der Waals surface area contributed by atoms with Crippen LogP contribution < -0.4 is 14.8 Å². The summed E-state index contributed by atoms with van der Waals surface area (Å²) in [6.45, 7) is -2.94. The second kappa shape index (κ2) is 7.40. The minimum absolute atomic E-state index is 0.0689. The third-order valence-electron chi connectivity index (χ3n) is 2.90. The van der Waals surface area contributed by atoms with Crippen molar-refractivity contribution >= 4 is 11.6 Å². The fraction of sp³-hybridized carbons (Fsp3) is 0.188. The number of amides is 1. The van der Waals surface area contributed by atoms with E-state index in [1.54, 1.807) is 43.5 Å². The van der Waals surface area contributed by atoms with E-state index >= 15 is 0 Å². The highest BCUT2D eigenvalue weighted by Crippen LogP contribution is 2.25. The molecule has 2 aromatic carbocycles. The number of hydrogen-bond donors (Lipinski definition) is 1. The van der Waals surface area contributed by atoms with Gasteiger partial charge in [-0.1, -0.05) is 24.3 Å². The average molecular weight is 307 g/mol. The minimum atomic E-state index is -2.94. The highest BCUT2D eigenvalue weighted by molar-refractivity contribution is 5.93. The van der Waals surface area contributed by atoms with Crippen LogP contribution >= 0.6 is 0 Å². The van der Waals surface area contributed by atoms with E-state index in [2.05, 4.69) is 10.1 Å². The van der Waals surface area contributed by atoms with Crippen molar-refractivity contribution in [2.75, 3.05) is 12.4 Å². The van der Waals surface area contributed by atoms with Crippen molar-refractivity contribution in [3.63, 3.8) is 0 Å². The van der Waals surface area contributed by atoms with E-state index in [0.717, 1.165) is 5.56 Å². The minimum Gasteiger partial charge on any atom is -0.497 e. The molecule has 2 rings (SSSR count). The van der Waals surface area contributed by atoms with Gasteiger partial charge in [-0.3, -0.25) is 4.79 Å². The maximum absolute atomic E-state index is 12.3. The molecule has 0 unspecified atom stereocenters. The van der Waals surface area contributed by atoms with Gasteiger partial charge in [-0.05, 0) is 29.8 Å². The lowest BCUT2D eigenvalue weighted by Crippen LogP contribution is -2.15. The number of alkyl halides is 2. The van der Waals surface area contributed by atoms with Crippen LogP contribution in [0, 0.1) is 0 Å². The molecule has 0 heterocycles. The molecule has 6 heteroatoms. The third-order valence-corrected chi connectivity index (χ3v) is 2.90. The molecule has 0 fully saturated rings. The monoisotopic (exact) mass is 307 g/mol. The molecule has 0 saturated carbocycles. The van der Waals surface area contributed by atoms with Gasteiger partial charge in [0.05, 0.1) is 19.2 Å². The third kappa shape index (κ3) is 4.44. The summed E-state index contributed by atoms with van der Waals surface area (Å²) in [5.41, 5.74) is 0.992. The Kier molecular flexibility index (Phi) is 5.30. The first kappa shape index (κ1) is 15.8. The fourth-order valence-electron chi connectivity index (χ4n) is 1.89. The van der Waals surface area contributed by atoms with Crippen molar-refractivity contribution in [2.24, 2.45) is 0 Å². The van der Waals surface area contributed by atoms with E-state index in [0.29, 0.717) is 5.75 Å². The van der Waals surface area contributed by atoms with E-state index < -0.39 is 6.61 Å². The van der Waals surface area contributed by atoms with Crippen LogP contribution in [0.15, 0.2) is 48.5 Å². The van der Waals surface area contributed by atoms with Crippen molar-refractivity contribution < 1.29 is 23.0 Å². The smallest absolute Gasteiger partial charge is 0.387 e. The Labute approximate surface area is 126 Å². The van der Waals surface area contributed by atoms with Crippen LogP contribution in [0.4, 0.5) is 14.5 Å². The van der Waals surface area contributed by atoms with Crippen LogP contribution in [0.5, 0.6) is 11.5 Å². The highest BCUT2D eigenvalue weighted by Gasteiger charge is 2.11. The van der Waals surface area contributed by atoms with Gasteiger partial charge in [-0.15, -0.1) is 0 Å². The average Bonchev–Trinajstić information content (AvgIpc) is 2.49. The first-order valence-electron chi connectivity index (χ1n) is 6.55. The molecule has 0 aromatic heterocycles. The van der Waals surface area contributed by atoms with Crippen molar-refractivity contribution in [1.29, 1.82) is 0 Å². The number of para-hydroxylation sites is 2. The van der Waals surface area contributed by atoms with Crippen LogP contribution in [0.25, 0.3) is 0 Å². The summed E-state index contributed by atoms with van der Waals surface area (Å²) in [6.07, 6.45) is 0.118. The van der Waals surface area contributed by atoms with Crippen molar-refractivity contribution in [3.8, 4) is 11.5 Å². The molecule has 1 amide bonds. The predicted octanol–water partition coefficient (Wildman–Crippen LogP) is 3.48. The molecule has 4 nitrogen and oxygen atoms in total. The Morgan fingerprint density at radius 1 is 1.14 bits per heavy atom. The van der Waals surface area contributed by atoms with Gasteiger partial charge in [-0.2, -0.15) is 8.78 Å². The van der Waals surface area contributed by atoms with Crippen LogP contribution in [0.3, 0.4) is 0 Å². The molecule has 0 aliphatic carbocycles. The summed E-state index contributed by atoms with van der Waals surface area (Å²) in [6, 6.07) is 13.1. The first-order valence-corrected chi connectivity index (χ1v) is 6.55. The summed E-state index contributed by atoms with van der Waals surface area (Å²) in [4.78, 5) is 12.0. The van der Waals surface area contributed by atoms with Crippen molar-refractivity contribution in [1.82, 2.24) is 0 Å². The molecular weight excluding hydrogens is 292 g/mol. The number of carbonyl (C=O) groups excluding carboxylic acids is 1. The molecular formula is C16H15F2NO3. The van der Waals surface area contributed by atoms with Crippen LogP contribution in [0.2, 0.25) is 0 Å². The summed E-state index contributed by atoms with van der Waals surface area (Å²) in [7, 11) is 1.56. The molecule has 2 aromatic rings. The SMILES string of the molecule is COc1ccc(CC(=O)Nc2ccccc2OC(F)F)cc1. The highest BCUT2D eigenvalue weighted by atomic mass is 19.3. The number of methoxy groups -OCH3 is 1. The molecule has 0 aliphatic heterocycles. The standard InChI is InChI=1S/C16H15F2NO3/c1-21-12-8-6-11(7-9-12)10-15(20)19-13-4-2-3-5-14(13)22-16(17)18/h2-9,16H,10H2,1H3,(H,19,20). The van der Waals surface area contributed by atoms with Gasteiger partial charge >= 0.3 is 6.61 Å². The maximum Gasteiger partial charge on any atom is 0.387 e. The number of benzene rings is 2. The number of rotatable bonds is 6. The number of anilines is 1. The number of ether oxygens (including phenoxy) is 2. The number of nitrogens with one attached hydrogen (secondary N) is 1. The van der Waals surface area contributed by atoms with E-state index in [1.165, 1.54) is 12.1 Å². The Balaban J connectivity index is 2.02. The molecule has 116 valence electrons. The first-order chi connectivity index (χ1) is 10.6. The summed E-state index contributed by atoms with van der Waals surface area (Å²) in [5.74, 6) is 0.302. The molecule has 22 heavy (non-hydrogen) atoms. The van der Waals surface area contributed by atoms with Gasteiger partial charge in [0.25, 0.3) is 0 Å². The Hall–Kier alpha value is -2.63. The Bertz CT molecular complexity index is 630. The summed E-state index contributed by atoms with van der Waals surface area (Å²) < 4.78 is 34.0. The Morgan fingerprint density at radius 3 is 2.45 bits per heavy atom. The van der Waals surface area contributed by atoms with Gasteiger partial charge in [-0.25, -0.2) is 0 Å². The predicted molar refractivity (Wildman–Crippen MR) is 78.4 cm³/mol. The Morgan fingerprint density at radius 2 is 1.82 bits per heavy atom. The van der Waals surface area contributed by atoms with Crippen molar-refractivity contribution in [3.05, 3.63) is 54.1 Å². The zero-order valence-corrected chi connectivity index (χ0v) is 11.9. The number of hydrogen-bond acceptors (Lipinski definition) is 3. The summed E-state index contributed by atoms with van der Waals surface area (Å²) >= 11 is 0. The van der Waals surface area contributed by atoms with Crippen LogP contribution in [-0.2, 0) is 11.2 Å². The van der Waals surface area contributed by atoms with E-state index in [-0.39, 0.29) is 23.8 Å². The molecule has 0 saturated heterocycles. The van der Waals surface area contributed by atoms with Gasteiger partial charge in [0.15, 0.2) is 0 Å². The maximum atomic E-state index is 12.3. The van der Waals surface area contributed by atoms with Crippen molar-refractivity contribution in [2.45, 2.75) is 13.0 Å². The normalized spacial score (nSPS) is 10.4. The number of carbonyl (C=O) groups is 1. The lowest BCUT2D eigenvalue weighted by molar-refractivity contribution is -0.115. The van der Waals surface area contributed by atoms with Gasteiger partial charge in [0.1, 0.15) is 11.5 Å². The van der Waals surface area contributed by atoms with E-state index in [1.807, 2.05) is 0 Å². The van der Waals surface area contributed by atoms with Crippen LogP contribution in [0.1, 0.15) is 5.56 Å². The summed E-state index contributed by atoms with van der Waals surface area (Å²) in [5, 5.41) is 2.56. The van der Waals surface area contributed by atoms with E-state index in [4.69, 9.17) is 4.74 Å². The second-order valence-electron chi connectivity index (χ2n) is 4.45. The zero-order chi connectivity index (χ0) is 15.9. The molecule has 0 spiro atoms. The largest absolute Gasteiger partial charge is 0.497 e. The zero-order valence-electron chi connectivity index (χ0n) is 11.9. The number of halogens is 2. The van der Waals surface area contributed by atoms with Gasteiger partial charge < -0.3 is 14.8 Å². The molecule has 0 aliphatic rings. The quantitative estimate of drug-likeness (QED) is 0.889. The molecule has 1 N–H and O–H groups in total. The topological polar surface area (TPSA) is 47.6 Å². The van der Waals surface area contributed by atoms with E-state index in [9.17, 15) is 13.6 Å². The lowest BCUT2D eigenvalue weighted by atomic mass is 10.1. The fourth-order valence-corrected chi connectivity index (χ4v) is 1.89. The van der Waals surface area contributed by atoms with Gasteiger partial charge in [0, 0.05) is 0 Å². The second-order valence-corrected chi connectivity index (χ2v) is 4.45. The molecule has 0 bridgehead atoms.